The zero-order valence-electron chi connectivity index (χ0n) is 8.76. The largest absolute Gasteiger partial charge is 0.289 e. The summed E-state index contributed by atoms with van der Waals surface area (Å²) in [4.78, 5) is 13.1. The van der Waals surface area contributed by atoms with E-state index in [4.69, 9.17) is 0 Å². The van der Waals surface area contributed by atoms with Crippen molar-refractivity contribution in [3.05, 3.63) is 54.3 Å². The average Bonchev–Trinajstić information content (AvgIpc) is 2.61. The highest BCUT2D eigenvalue weighted by atomic mass is 79.9. The lowest BCUT2D eigenvalue weighted by atomic mass is 10.0. The molecule has 1 heterocycles. The summed E-state index contributed by atoms with van der Waals surface area (Å²) in [6.07, 6.45) is 0. The Bertz CT molecular complexity index is 592. The van der Waals surface area contributed by atoms with E-state index in [2.05, 4.69) is 31.9 Å². The predicted octanol–water partition coefficient (Wildman–Crippen LogP) is 4.95. The van der Waals surface area contributed by atoms with Gasteiger partial charge in [0.1, 0.15) is 5.82 Å². The molecule has 0 fully saturated rings. The van der Waals surface area contributed by atoms with Gasteiger partial charge in [-0.25, -0.2) is 4.39 Å². The van der Waals surface area contributed by atoms with Crippen LogP contribution in [0.3, 0.4) is 0 Å². The Morgan fingerprint density at radius 3 is 2.53 bits per heavy atom. The zero-order valence-corrected chi connectivity index (χ0v) is 12.7. The van der Waals surface area contributed by atoms with Gasteiger partial charge < -0.3 is 0 Å². The molecular weight excluding hydrogens is 371 g/mol. The predicted molar refractivity (Wildman–Crippen MR) is 74.3 cm³/mol. The molecule has 0 spiro atoms. The van der Waals surface area contributed by atoms with Crippen molar-refractivity contribution in [3.8, 4) is 0 Å². The third-order valence-corrected chi connectivity index (χ3v) is 4.48. The van der Waals surface area contributed by atoms with Gasteiger partial charge >= 0.3 is 0 Å². The zero-order chi connectivity index (χ0) is 12.6. The highest BCUT2D eigenvalue weighted by molar-refractivity contribution is 9.11. The van der Waals surface area contributed by atoms with Gasteiger partial charge in [0, 0.05) is 16.0 Å². The Balaban J connectivity index is 2.44. The highest BCUT2D eigenvalue weighted by Crippen LogP contribution is 2.29. The standard InChI is InChI=1S/C12H7Br2FOS/c1-6-8(5-11(14)17-6)12(16)7-2-3-10(15)9(13)4-7/h2-5H,1H3. The molecule has 5 heteroatoms. The Labute approximate surface area is 119 Å². The number of hydrogen-bond acceptors (Lipinski definition) is 2. The van der Waals surface area contributed by atoms with Crippen LogP contribution in [0.15, 0.2) is 32.5 Å². The monoisotopic (exact) mass is 376 g/mol. The number of aryl methyl sites for hydroxylation is 1. The van der Waals surface area contributed by atoms with Gasteiger partial charge in [0.05, 0.1) is 8.26 Å². The number of benzene rings is 1. The Kier molecular flexibility index (Phi) is 3.80. The number of hydrogen-bond donors (Lipinski definition) is 0. The first-order valence-electron chi connectivity index (χ1n) is 4.74. The molecule has 0 unspecified atom stereocenters. The summed E-state index contributed by atoms with van der Waals surface area (Å²) in [5, 5.41) is 0. The van der Waals surface area contributed by atoms with Crippen molar-refractivity contribution in [2.75, 3.05) is 0 Å². The second kappa shape index (κ2) is 5.00. The second-order valence-electron chi connectivity index (χ2n) is 3.48. The summed E-state index contributed by atoms with van der Waals surface area (Å²) < 4.78 is 14.3. The van der Waals surface area contributed by atoms with Crippen molar-refractivity contribution in [1.29, 1.82) is 0 Å². The van der Waals surface area contributed by atoms with E-state index in [-0.39, 0.29) is 11.6 Å². The van der Waals surface area contributed by atoms with Crippen LogP contribution >= 0.6 is 43.2 Å². The third kappa shape index (κ3) is 2.67. The third-order valence-electron chi connectivity index (χ3n) is 2.31. The Morgan fingerprint density at radius 2 is 2.00 bits per heavy atom. The molecule has 1 aromatic heterocycles. The molecule has 0 aliphatic heterocycles. The maximum atomic E-state index is 13.1. The fourth-order valence-electron chi connectivity index (χ4n) is 1.46. The lowest BCUT2D eigenvalue weighted by Crippen LogP contribution is -2.01. The molecule has 2 aromatic rings. The summed E-state index contributed by atoms with van der Waals surface area (Å²) >= 11 is 7.93. The van der Waals surface area contributed by atoms with Gasteiger partial charge in [-0.15, -0.1) is 11.3 Å². The van der Waals surface area contributed by atoms with E-state index in [0.717, 1.165) is 8.66 Å². The molecule has 1 aromatic carbocycles. The van der Waals surface area contributed by atoms with Gasteiger partial charge in [-0.05, 0) is 63.0 Å². The minimum atomic E-state index is -0.371. The van der Waals surface area contributed by atoms with Gasteiger partial charge in [-0.3, -0.25) is 4.79 Å². The highest BCUT2D eigenvalue weighted by Gasteiger charge is 2.15. The molecule has 0 radical (unpaired) electrons. The maximum absolute atomic E-state index is 13.1. The number of rotatable bonds is 2. The molecule has 17 heavy (non-hydrogen) atoms. The topological polar surface area (TPSA) is 17.1 Å². The van der Waals surface area contributed by atoms with Crippen molar-refractivity contribution in [3.63, 3.8) is 0 Å². The number of ketones is 1. The molecule has 1 nitrogen and oxygen atoms in total. The van der Waals surface area contributed by atoms with Crippen LogP contribution in [0, 0.1) is 12.7 Å². The van der Waals surface area contributed by atoms with Gasteiger partial charge in [0.15, 0.2) is 5.78 Å². The summed E-state index contributed by atoms with van der Waals surface area (Å²) in [6, 6.07) is 6.07. The van der Waals surface area contributed by atoms with Crippen LogP contribution in [-0.4, -0.2) is 5.78 Å². The van der Waals surface area contributed by atoms with Crippen molar-refractivity contribution in [2.45, 2.75) is 6.92 Å². The summed E-state index contributed by atoms with van der Waals surface area (Å²) in [5.74, 6) is -0.463. The van der Waals surface area contributed by atoms with Crippen LogP contribution in [0.25, 0.3) is 0 Å². The molecule has 0 saturated carbocycles. The molecule has 0 amide bonds. The summed E-state index contributed by atoms with van der Waals surface area (Å²) in [5.41, 5.74) is 1.13. The minimum absolute atomic E-state index is 0.0925. The van der Waals surface area contributed by atoms with Crippen LogP contribution in [-0.2, 0) is 0 Å². The van der Waals surface area contributed by atoms with Crippen LogP contribution < -0.4 is 0 Å². The first-order valence-corrected chi connectivity index (χ1v) is 7.15. The van der Waals surface area contributed by atoms with E-state index in [1.807, 2.05) is 6.92 Å². The fraction of sp³-hybridized carbons (Fsp3) is 0.0833. The molecule has 0 saturated heterocycles. The first-order chi connectivity index (χ1) is 7.99. The molecule has 2 rings (SSSR count). The van der Waals surface area contributed by atoms with Gasteiger partial charge in [0.2, 0.25) is 0 Å². The van der Waals surface area contributed by atoms with E-state index in [1.165, 1.54) is 29.5 Å². The molecular formula is C12H7Br2FOS. The van der Waals surface area contributed by atoms with Crippen LogP contribution in [0.2, 0.25) is 0 Å². The minimum Gasteiger partial charge on any atom is -0.289 e. The summed E-state index contributed by atoms with van der Waals surface area (Å²) in [7, 11) is 0. The number of thiophene rings is 1. The fourth-order valence-corrected chi connectivity index (χ4v) is 3.53. The molecule has 0 atom stereocenters. The summed E-state index contributed by atoms with van der Waals surface area (Å²) in [6.45, 7) is 1.89. The Morgan fingerprint density at radius 1 is 1.29 bits per heavy atom. The molecule has 0 aliphatic rings. The average molecular weight is 378 g/mol. The first kappa shape index (κ1) is 12.9. The Hall–Kier alpha value is -0.520. The van der Waals surface area contributed by atoms with E-state index in [9.17, 15) is 9.18 Å². The molecule has 0 aliphatic carbocycles. The van der Waals surface area contributed by atoms with Crippen LogP contribution in [0.5, 0.6) is 0 Å². The lowest BCUT2D eigenvalue weighted by molar-refractivity contribution is 0.103. The van der Waals surface area contributed by atoms with E-state index >= 15 is 0 Å². The lowest BCUT2D eigenvalue weighted by Gasteiger charge is -2.01. The SMILES string of the molecule is Cc1sc(Br)cc1C(=O)c1ccc(F)c(Br)c1. The van der Waals surface area contributed by atoms with E-state index in [1.54, 1.807) is 6.07 Å². The number of carbonyl (C=O) groups is 1. The van der Waals surface area contributed by atoms with Crippen molar-refractivity contribution in [1.82, 2.24) is 0 Å². The van der Waals surface area contributed by atoms with E-state index in [0.29, 0.717) is 15.6 Å². The van der Waals surface area contributed by atoms with Crippen LogP contribution in [0.4, 0.5) is 4.39 Å². The van der Waals surface area contributed by atoms with Gasteiger partial charge in [-0.2, -0.15) is 0 Å². The maximum Gasteiger partial charge on any atom is 0.194 e. The molecule has 88 valence electrons. The quantitative estimate of drug-likeness (QED) is 0.676. The second-order valence-corrected chi connectivity index (χ2v) is 6.97. The number of halogens is 3. The van der Waals surface area contributed by atoms with Crippen molar-refractivity contribution < 1.29 is 9.18 Å². The van der Waals surface area contributed by atoms with Crippen LogP contribution in [0.1, 0.15) is 20.8 Å². The normalized spacial score (nSPS) is 10.6. The van der Waals surface area contributed by atoms with Gasteiger partial charge in [0.25, 0.3) is 0 Å². The van der Waals surface area contributed by atoms with Gasteiger partial charge in [-0.1, -0.05) is 0 Å². The number of carbonyl (C=O) groups excluding carboxylic acids is 1. The molecule has 0 N–H and O–H groups in total. The van der Waals surface area contributed by atoms with E-state index < -0.39 is 0 Å². The van der Waals surface area contributed by atoms with Crippen molar-refractivity contribution in [2.24, 2.45) is 0 Å². The smallest absolute Gasteiger partial charge is 0.194 e. The van der Waals surface area contributed by atoms with Crippen molar-refractivity contribution >= 4 is 49.0 Å². The molecule has 0 bridgehead atoms.